The number of nitrogens with one attached hydrogen (secondary N) is 4. The Morgan fingerprint density at radius 1 is 1.00 bits per heavy atom. The van der Waals surface area contributed by atoms with Gasteiger partial charge in [0.25, 0.3) is 0 Å². The summed E-state index contributed by atoms with van der Waals surface area (Å²) in [4.78, 5) is 25.8. The molecule has 0 unspecified atom stereocenters. The van der Waals surface area contributed by atoms with E-state index in [-0.39, 0.29) is 6.03 Å². The molecule has 102 valence electrons. The lowest BCUT2D eigenvalue weighted by Gasteiger charge is -2.08. The number of anilines is 3. The Kier molecular flexibility index (Phi) is 4.50. The molecule has 0 aliphatic heterocycles. The van der Waals surface area contributed by atoms with Gasteiger partial charge in [-0.05, 0) is 36.4 Å². The molecule has 0 aliphatic carbocycles. The highest BCUT2D eigenvalue weighted by molar-refractivity contribution is 5.99. The van der Waals surface area contributed by atoms with Crippen LogP contribution in [0.3, 0.4) is 0 Å². The Bertz CT molecular complexity index is 571. The van der Waals surface area contributed by atoms with Crippen LogP contribution in [0.15, 0.2) is 48.7 Å². The van der Waals surface area contributed by atoms with Crippen molar-refractivity contribution in [3.05, 3.63) is 48.7 Å². The Balaban J connectivity index is 1.89. The Morgan fingerprint density at radius 3 is 2.40 bits per heavy atom. The number of rotatable bonds is 5. The lowest BCUT2D eigenvalue weighted by Crippen LogP contribution is -2.20. The summed E-state index contributed by atoms with van der Waals surface area (Å²) in [5, 5.41) is 5.27. The second-order valence-electron chi connectivity index (χ2n) is 3.76. The topological polar surface area (TPSA) is 95.2 Å². The zero-order chi connectivity index (χ0) is 14.2. The van der Waals surface area contributed by atoms with Crippen molar-refractivity contribution in [2.75, 3.05) is 16.1 Å². The van der Waals surface area contributed by atoms with Crippen LogP contribution in [0, 0.1) is 0 Å². The second-order valence-corrected chi connectivity index (χ2v) is 3.76. The molecule has 1 heterocycles. The van der Waals surface area contributed by atoms with Gasteiger partial charge in [0.1, 0.15) is 5.82 Å². The van der Waals surface area contributed by atoms with Gasteiger partial charge >= 0.3 is 6.03 Å². The molecule has 0 spiro atoms. The van der Waals surface area contributed by atoms with Gasteiger partial charge in [0.15, 0.2) is 0 Å². The van der Waals surface area contributed by atoms with Gasteiger partial charge in [-0.15, -0.1) is 0 Å². The average molecular weight is 271 g/mol. The van der Waals surface area contributed by atoms with Crippen LogP contribution in [0.1, 0.15) is 0 Å². The van der Waals surface area contributed by atoms with Crippen molar-refractivity contribution in [2.45, 2.75) is 0 Å². The van der Waals surface area contributed by atoms with Crippen LogP contribution in [0.25, 0.3) is 0 Å². The summed E-state index contributed by atoms with van der Waals surface area (Å²) in [5.41, 5.74) is 6.30. The standard InChI is InChI=1S/C13H13N5O2/c19-9-15-18-11-6-4-10(5-7-11)16-13(20)17-12-3-1-2-8-14-12/h1-9,18H,(H,15,19)(H2,14,16,17,20). The van der Waals surface area contributed by atoms with Crippen LogP contribution < -0.4 is 21.5 Å². The summed E-state index contributed by atoms with van der Waals surface area (Å²) in [6.45, 7) is 0. The van der Waals surface area contributed by atoms with E-state index in [1.165, 1.54) is 0 Å². The van der Waals surface area contributed by atoms with Crippen LogP contribution in [-0.2, 0) is 4.79 Å². The van der Waals surface area contributed by atoms with Crippen LogP contribution in [-0.4, -0.2) is 17.4 Å². The number of aromatic nitrogens is 1. The molecule has 1 aromatic carbocycles. The molecule has 0 saturated heterocycles. The zero-order valence-electron chi connectivity index (χ0n) is 10.5. The molecule has 7 nitrogen and oxygen atoms in total. The number of urea groups is 1. The van der Waals surface area contributed by atoms with Crippen LogP contribution >= 0.6 is 0 Å². The highest BCUT2D eigenvalue weighted by Crippen LogP contribution is 2.13. The van der Waals surface area contributed by atoms with E-state index >= 15 is 0 Å². The van der Waals surface area contributed by atoms with E-state index in [1.54, 1.807) is 48.7 Å². The molecular weight excluding hydrogens is 258 g/mol. The third kappa shape index (κ3) is 3.98. The quantitative estimate of drug-likeness (QED) is 0.492. The molecular formula is C13H13N5O2. The maximum Gasteiger partial charge on any atom is 0.324 e. The minimum atomic E-state index is -0.379. The zero-order valence-corrected chi connectivity index (χ0v) is 10.5. The first-order valence-corrected chi connectivity index (χ1v) is 5.82. The van der Waals surface area contributed by atoms with Gasteiger partial charge in [-0.3, -0.25) is 21.0 Å². The van der Waals surface area contributed by atoms with E-state index < -0.39 is 0 Å². The lowest BCUT2D eigenvalue weighted by molar-refractivity contribution is -0.109. The van der Waals surface area contributed by atoms with Crippen LogP contribution in [0.2, 0.25) is 0 Å². The number of benzene rings is 1. The molecule has 2 rings (SSSR count). The van der Waals surface area contributed by atoms with Gasteiger partial charge < -0.3 is 5.32 Å². The van der Waals surface area contributed by atoms with Gasteiger partial charge in [0.05, 0.1) is 5.69 Å². The highest BCUT2D eigenvalue weighted by Gasteiger charge is 2.02. The molecule has 0 saturated carbocycles. The van der Waals surface area contributed by atoms with Crippen LogP contribution in [0.4, 0.5) is 22.0 Å². The number of hydrazine groups is 1. The maximum absolute atomic E-state index is 11.7. The number of carbonyl (C=O) groups excluding carboxylic acids is 2. The molecule has 1 aromatic heterocycles. The minimum absolute atomic E-state index is 0.379. The average Bonchev–Trinajstić information content (AvgIpc) is 2.47. The highest BCUT2D eigenvalue weighted by atomic mass is 16.2. The normalized spacial score (nSPS) is 9.40. The van der Waals surface area contributed by atoms with Crippen molar-refractivity contribution >= 4 is 29.6 Å². The number of carbonyl (C=O) groups is 2. The maximum atomic E-state index is 11.7. The summed E-state index contributed by atoms with van der Waals surface area (Å²) in [6, 6.07) is 11.7. The molecule has 0 atom stereocenters. The van der Waals surface area contributed by atoms with Crippen molar-refractivity contribution in [3.63, 3.8) is 0 Å². The number of hydrogen-bond acceptors (Lipinski definition) is 4. The number of nitrogens with zero attached hydrogens (tertiary/aromatic N) is 1. The number of hydrogen-bond donors (Lipinski definition) is 4. The predicted molar refractivity (Wildman–Crippen MR) is 76.1 cm³/mol. The van der Waals surface area contributed by atoms with Gasteiger partial charge in [-0.2, -0.15) is 0 Å². The molecule has 0 aliphatic rings. The smallest absolute Gasteiger partial charge is 0.308 e. The molecule has 20 heavy (non-hydrogen) atoms. The van der Waals surface area contributed by atoms with Gasteiger partial charge in [0, 0.05) is 11.9 Å². The van der Waals surface area contributed by atoms with E-state index in [0.29, 0.717) is 23.6 Å². The number of pyridine rings is 1. The SMILES string of the molecule is O=CNNc1ccc(NC(=O)Nc2ccccn2)cc1. The molecule has 4 N–H and O–H groups in total. The van der Waals surface area contributed by atoms with Crippen molar-refractivity contribution in [1.29, 1.82) is 0 Å². The summed E-state index contributed by atoms with van der Waals surface area (Å²) in [5.74, 6) is 0.471. The van der Waals surface area contributed by atoms with Gasteiger partial charge in [-0.25, -0.2) is 9.78 Å². The Hall–Kier alpha value is -3.09. The van der Waals surface area contributed by atoms with E-state index in [4.69, 9.17) is 0 Å². The fraction of sp³-hybridized carbons (Fsp3) is 0. The molecule has 7 heteroatoms. The first-order valence-electron chi connectivity index (χ1n) is 5.82. The molecule has 2 aromatic rings. The van der Waals surface area contributed by atoms with E-state index in [2.05, 4.69) is 26.5 Å². The fourth-order valence-corrected chi connectivity index (χ4v) is 1.47. The Labute approximate surface area is 115 Å². The monoisotopic (exact) mass is 271 g/mol. The molecule has 0 radical (unpaired) electrons. The molecule has 3 amide bonds. The lowest BCUT2D eigenvalue weighted by atomic mass is 10.3. The third-order valence-corrected chi connectivity index (χ3v) is 2.32. The minimum Gasteiger partial charge on any atom is -0.308 e. The number of amides is 3. The first kappa shape index (κ1) is 13.3. The van der Waals surface area contributed by atoms with Crippen molar-refractivity contribution < 1.29 is 9.59 Å². The van der Waals surface area contributed by atoms with Gasteiger partial charge in [0.2, 0.25) is 6.41 Å². The summed E-state index contributed by atoms with van der Waals surface area (Å²) < 4.78 is 0. The molecule has 0 fully saturated rings. The second kappa shape index (κ2) is 6.74. The van der Waals surface area contributed by atoms with Crippen molar-refractivity contribution in [3.8, 4) is 0 Å². The summed E-state index contributed by atoms with van der Waals surface area (Å²) in [7, 11) is 0. The first-order chi connectivity index (χ1) is 9.78. The predicted octanol–water partition coefficient (Wildman–Crippen LogP) is 1.80. The largest absolute Gasteiger partial charge is 0.324 e. The Morgan fingerprint density at radius 2 is 1.75 bits per heavy atom. The van der Waals surface area contributed by atoms with E-state index in [1.807, 2.05) is 0 Å². The van der Waals surface area contributed by atoms with E-state index in [0.717, 1.165) is 0 Å². The van der Waals surface area contributed by atoms with Crippen molar-refractivity contribution in [1.82, 2.24) is 10.4 Å². The van der Waals surface area contributed by atoms with Crippen molar-refractivity contribution in [2.24, 2.45) is 0 Å². The van der Waals surface area contributed by atoms with Crippen LogP contribution in [0.5, 0.6) is 0 Å². The molecule has 0 bridgehead atoms. The fourth-order valence-electron chi connectivity index (χ4n) is 1.47. The summed E-state index contributed by atoms with van der Waals surface area (Å²) >= 11 is 0. The summed E-state index contributed by atoms with van der Waals surface area (Å²) in [6.07, 6.45) is 2.13. The third-order valence-electron chi connectivity index (χ3n) is 2.32. The van der Waals surface area contributed by atoms with Gasteiger partial charge in [-0.1, -0.05) is 6.07 Å². The van der Waals surface area contributed by atoms with E-state index in [9.17, 15) is 9.59 Å².